The number of aromatic nitrogens is 3. The molecule has 2 rings (SSSR count). The summed E-state index contributed by atoms with van der Waals surface area (Å²) in [5.41, 5.74) is 2.13. The molecular weight excluding hydrogens is 228 g/mol. The number of aliphatic hydroxyl groups excluding tert-OH is 1. The number of nitrogens with one attached hydrogen (secondary N) is 1. The Hall–Kier alpha value is -1.72. The molecule has 0 radical (unpaired) electrons. The molecule has 0 aliphatic heterocycles. The Kier molecular flexibility index (Phi) is 4.44. The second kappa shape index (κ2) is 6.28. The summed E-state index contributed by atoms with van der Waals surface area (Å²) in [5.74, 6) is 0. The molecule has 18 heavy (non-hydrogen) atoms. The molecule has 2 aromatic rings. The van der Waals surface area contributed by atoms with Crippen LogP contribution >= 0.6 is 0 Å². The lowest BCUT2D eigenvalue weighted by Crippen LogP contribution is -2.18. The predicted octanol–water partition coefficient (Wildman–Crippen LogP) is 1.12. The van der Waals surface area contributed by atoms with E-state index < -0.39 is 0 Å². The van der Waals surface area contributed by atoms with Crippen LogP contribution in [0.25, 0.3) is 0 Å². The van der Waals surface area contributed by atoms with Crippen molar-refractivity contribution in [1.29, 1.82) is 0 Å². The van der Waals surface area contributed by atoms with E-state index in [2.05, 4.69) is 34.7 Å². The van der Waals surface area contributed by atoms with Crippen molar-refractivity contribution in [3.05, 3.63) is 47.8 Å². The van der Waals surface area contributed by atoms with Gasteiger partial charge in [0.25, 0.3) is 0 Å². The molecule has 0 fully saturated rings. The topological polar surface area (TPSA) is 63.0 Å². The van der Waals surface area contributed by atoms with Crippen LogP contribution in [0.4, 0.5) is 0 Å². The van der Waals surface area contributed by atoms with E-state index in [1.165, 1.54) is 5.56 Å². The van der Waals surface area contributed by atoms with E-state index in [0.717, 1.165) is 5.69 Å². The molecule has 1 atom stereocenters. The largest absolute Gasteiger partial charge is 0.394 e. The number of nitrogens with zero attached hydrogens (tertiary/aromatic N) is 3. The van der Waals surface area contributed by atoms with Crippen LogP contribution in [0, 0.1) is 0 Å². The van der Waals surface area contributed by atoms with E-state index in [1.54, 1.807) is 4.68 Å². The Morgan fingerprint density at radius 1 is 1.33 bits per heavy atom. The first kappa shape index (κ1) is 12.7. The van der Waals surface area contributed by atoms with Gasteiger partial charge in [-0.05, 0) is 12.5 Å². The second-order valence-corrected chi connectivity index (χ2v) is 4.21. The van der Waals surface area contributed by atoms with Gasteiger partial charge in [-0.2, -0.15) is 0 Å². The highest BCUT2D eigenvalue weighted by atomic mass is 16.3. The molecule has 5 heteroatoms. The maximum atomic E-state index is 8.79. The smallest absolute Gasteiger partial charge is 0.0965 e. The average Bonchev–Trinajstić information content (AvgIpc) is 2.85. The molecule has 0 saturated carbocycles. The lowest BCUT2D eigenvalue weighted by atomic mass is 10.1. The molecule has 1 aromatic carbocycles. The zero-order valence-electron chi connectivity index (χ0n) is 10.5. The summed E-state index contributed by atoms with van der Waals surface area (Å²) < 4.78 is 1.64. The molecule has 0 aliphatic carbocycles. The van der Waals surface area contributed by atoms with Gasteiger partial charge >= 0.3 is 0 Å². The molecule has 5 nitrogen and oxygen atoms in total. The summed E-state index contributed by atoms with van der Waals surface area (Å²) >= 11 is 0. The fourth-order valence-corrected chi connectivity index (χ4v) is 1.75. The van der Waals surface area contributed by atoms with Gasteiger partial charge in [-0.3, -0.25) is 0 Å². The van der Waals surface area contributed by atoms with Crippen molar-refractivity contribution in [2.75, 3.05) is 6.61 Å². The first-order chi connectivity index (χ1) is 8.79. The Morgan fingerprint density at radius 2 is 2.11 bits per heavy atom. The minimum absolute atomic E-state index is 0.0800. The molecule has 0 saturated heterocycles. The minimum atomic E-state index is 0.0800. The number of hydrogen-bond donors (Lipinski definition) is 2. The van der Waals surface area contributed by atoms with Crippen LogP contribution in [0.2, 0.25) is 0 Å². The lowest BCUT2D eigenvalue weighted by molar-refractivity contribution is 0.268. The third kappa shape index (κ3) is 3.38. The van der Waals surface area contributed by atoms with Crippen LogP contribution < -0.4 is 5.32 Å². The summed E-state index contributed by atoms with van der Waals surface area (Å²) in [6.45, 7) is 3.35. The number of benzene rings is 1. The van der Waals surface area contributed by atoms with E-state index >= 15 is 0 Å². The van der Waals surface area contributed by atoms with Crippen LogP contribution in [0.5, 0.6) is 0 Å². The van der Waals surface area contributed by atoms with Gasteiger partial charge in [0.15, 0.2) is 0 Å². The van der Waals surface area contributed by atoms with Gasteiger partial charge < -0.3 is 10.4 Å². The Balaban J connectivity index is 1.87. The van der Waals surface area contributed by atoms with Gasteiger partial charge in [0, 0.05) is 18.8 Å². The Labute approximate surface area is 106 Å². The standard InChI is InChI=1S/C13H18N4O/c1-11(12-5-3-2-4-6-12)14-9-13-10-17(7-8-18)16-15-13/h2-6,10-11,14,18H,7-9H2,1H3/t11-/m0/s1. The van der Waals surface area contributed by atoms with Crippen molar-refractivity contribution in [2.45, 2.75) is 26.1 Å². The highest BCUT2D eigenvalue weighted by Crippen LogP contribution is 2.11. The van der Waals surface area contributed by atoms with Crippen molar-refractivity contribution in [3.8, 4) is 0 Å². The summed E-state index contributed by atoms with van der Waals surface area (Å²) in [7, 11) is 0. The van der Waals surface area contributed by atoms with Crippen LogP contribution in [0.1, 0.15) is 24.2 Å². The van der Waals surface area contributed by atoms with Crippen LogP contribution in [0.3, 0.4) is 0 Å². The van der Waals surface area contributed by atoms with E-state index in [-0.39, 0.29) is 12.6 Å². The second-order valence-electron chi connectivity index (χ2n) is 4.21. The third-order valence-corrected chi connectivity index (χ3v) is 2.80. The van der Waals surface area contributed by atoms with Gasteiger partial charge in [-0.15, -0.1) is 5.10 Å². The van der Waals surface area contributed by atoms with Crippen LogP contribution in [0.15, 0.2) is 36.5 Å². The number of aliphatic hydroxyl groups is 1. The third-order valence-electron chi connectivity index (χ3n) is 2.80. The zero-order chi connectivity index (χ0) is 12.8. The van der Waals surface area contributed by atoms with Gasteiger partial charge in [-0.25, -0.2) is 4.68 Å². The van der Waals surface area contributed by atoms with E-state index in [0.29, 0.717) is 13.1 Å². The molecule has 0 spiro atoms. The van der Waals surface area contributed by atoms with Gasteiger partial charge in [0.1, 0.15) is 0 Å². The minimum Gasteiger partial charge on any atom is -0.394 e. The Bertz CT molecular complexity index is 469. The maximum Gasteiger partial charge on any atom is 0.0965 e. The normalized spacial score (nSPS) is 12.6. The maximum absolute atomic E-state index is 8.79. The van der Waals surface area contributed by atoms with E-state index in [1.807, 2.05) is 24.4 Å². The Morgan fingerprint density at radius 3 is 2.83 bits per heavy atom. The number of rotatable bonds is 6. The molecule has 1 aromatic heterocycles. The first-order valence-electron chi connectivity index (χ1n) is 6.08. The molecule has 0 unspecified atom stereocenters. The molecule has 1 heterocycles. The summed E-state index contributed by atoms with van der Waals surface area (Å²) in [5, 5.41) is 20.1. The summed E-state index contributed by atoms with van der Waals surface area (Å²) in [4.78, 5) is 0. The predicted molar refractivity (Wildman–Crippen MR) is 68.8 cm³/mol. The van der Waals surface area contributed by atoms with Crippen LogP contribution in [-0.2, 0) is 13.1 Å². The molecule has 0 bridgehead atoms. The van der Waals surface area contributed by atoms with Crippen molar-refractivity contribution in [1.82, 2.24) is 20.3 Å². The fourth-order valence-electron chi connectivity index (χ4n) is 1.75. The zero-order valence-corrected chi connectivity index (χ0v) is 10.5. The average molecular weight is 246 g/mol. The van der Waals surface area contributed by atoms with Crippen molar-refractivity contribution >= 4 is 0 Å². The number of hydrogen-bond acceptors (Lipinski definition) is 4. The van der Waals surface area contributed by atoms with E-state index in [4.69, 9.17) is 5.11 Å². The SMILES string of the molecule is C[C@H](NCc1cn(CCO)nn1)c1ccccc1. The molecule has 0 amide bonds. The quantitative estimate of drug-likeness (QED) is 0.802. The van der Waals surface area contributed by atoms with Gasteiger partial charge in [0.05, 0.1) is 18.8 Å². The molecular formula is C13H18N4O. The fraction of sp³-hybridized carbons (Fsp3) is 0.385. The molecule has 96 valence electrons. The first-order valence-corrected chi connectivity index (χ1v) is 6.08. The van der Waals surface area contributed by atoms with Gasteiger partial charge in [0.2, 0.25) is 0 Å². The molecule has 2 N–H and O–H groups in total. The monoisotopic (exact) mass is 246 g/mol. The van der Waals surface area contributed by atoms with Gasteiger partial charge in [-0.1, -0.05) is 35.5 Å². The van der Waals surface area contributed by atoms with Crippen molar-refractivity contribution < 1.29 is 5.11 Å². The van der Waals surface area contributed by atoms with Crippen LogP contribution in [-0.4, -0.2) is 26.7 Å². The molecule has 0 aliphatic rings. The van der Waals surface area contributed by atoms with E-state index in [9.17, 15) is 0 Å². The lowest BCUT2D eigenvalue weighted by Gasteiger charge is -2.12. The summed E-state index contributed by atoms with van der Waals surface area (Å²) in [6.07, 6.45) is 1.85. The summed E-state index contributed by atoms with van der Waals surface area (Å²) in [6, 6.07) is 10.5. The highest BCUT2D eigenvalue weighted by molar-refractivity contribution is 5.18. The van der Waals surface area contributed by atoms with Crippen molar-refractivity contribution in [2.24, 2.45) is 0 Å². The van der Waals surface area contributed by atoms with Crippen molar-refractivity contribution in [3.63, 3.8) is 0 Å². The highest BCUT2D eigenvalue weighted by Gasteiger charge is 2.05.